The summed E-state index contributed by atoms with van der Waals surface area (Å²) < 4.78 is 2.45. The number of rotatable bonds is 6. The van der Waals surface area contributed by atoms with E-state index in [-0.39, 0.29) is 26.2 Å². The van der Waals surface area contributed by atoms with Crippen LogP contribution in [0.4, 0.5) is 0 Å². The maximum atomic E-state index is 5.77. The molecule has 0 amide bonds. The molecular formula is C18H18N6O2Se. The first-order chi connectivity index (χ1) is 13.1. The summed E-state index contributed by atoms with van der Waals surface area (Å²) in [5.41, 5.74) is 14.8. The number of aromatic nitrogens is 2. The van der Waals surface area contributed by atoms with Crippen molar-refractivity contribution < 1.29 is 9.68 Å². The molecule has 27 heavy (non-hydrogen) atoms. The van der Waals surface area contributed by atoms with Crippen molar-refractivity contribution >= 4 is 26.2 Å². The Hall–Kier alpha value is -3.16. The monoisotopic (exact) mass is 430 g/mol. The second-order valence-electron chi connectivity index (χ2n) is 5.35. The summed E-state index contributed by atoms with van der Waals surface area (Å²) >= 11 is 0.144. The fourth-order valence-corrected chi connectivity index (χ4v) is 4.39. The molecule has 0 radical (unpaired) electrons. The number of oxime groups is 2. The molecule has 0 aliphatic heterocycles. The van der Waals surface area contributed by atoms with E-state index >= 15 is 0 Å². The van der Waals surface area contributed by atoms with Gasteiger partial charge in [-0.3, -0.25) is 0 Å². The van der Waals surface area contributed by atoms with Gasteiger partial charge < -0.3 is 0 Å². The van der Waals surface area contributed by atoms with Crippen molar-refractivity contribution in [3.8, 4) is 20.0 Å². The fourth-order valence-electron chi connectivity index (χ4n) is 2.32. The summed E-state index contributed by atoms with van der Waals surface area (Å²) in [6, 6.07) is 11.8. The molecule has 8 nitrogen and oxygen atoms in total. The van der Waals surface area contributed by atoms with Crippen molar-refractivity contribution in [3.05, 3.63) is 60.2 Å². The average molecular weight is 429 g/mol. The molecule has 0 saturated heterocycles. The van der Waals surface area contributed by atoms with Gasteiger partial charge in [-0.25, -0.2) is 0 Å². The van der Waals surface area contributed by atoms with Gasteiger partial charge in [0.1, 0.15) is 0 Å². The molecule has 4 N–H and O–H groups in total. The van der Waals surface area contributed by atoms with Gasteiger partial charge in [-0.05, 0) is 0 Å². The maximum absolute atomic E-state index is 5.77. The van der Waals surface area contributed by atoms with Gasteiger partial charge in [0.05, 0.1) is 0 Å². The quantitative estimate of drug-likeness (QED) is 0.265. The van der Waals surface area contributed by atoms with E-state index in [2.05, 4.69) is 42.1 Å². The van der Waals surface area contributed by atoms with Crippen LogP contribution in [0.1, 0.15) is 11.4 Å². The fraction of sp³-hybridized carbons (Fsp3) is 0.111. The third kappa shape index (κ3) is 4.33. The Kier molecular flexibility index (Phi) is 5.85. The van der Waals surface area contributed by atoms with Gasteiger partial charge in [-0.1, -0.05) is 0 Å². The molecule has 0 unspecified atom stereocenters. The van der Waals surface area contributed by atoms with Crippen LogP contribution in [-0.4, -0.2) is 50.4 Å². The molecule has 3 aromatic heterocycles. The van der Waals surface area contributed by atoms with Crippen LogP contribution in [0.5, 0.6) is 0 Å². The first kappa shape index (κ1) is 18.6. The molecule has 3 rings (SSSR count). The van der Waals surface area contributed by atoms with Gasteiger partial charge >= 0.3 is 162 Å². The van der Waals surface area contributed by atoms with Crippen molar-refractivity contribution in [1.29, 1.82) is 0 Å². The van der Waals surface area contributed by atoms with Gasteiger partial charge in [0.2, 0.25) is 0 Å². The van der Waals surface area contributed by atoms with Crippen molar-refractivity contribution in [2.75, 3.05) is 14.2 Å². The van der Waals surface area contributed by atoms with Crippen molar-refractivity contribution in [1.82, 2.24) is 9.97 Å². The standard InChI is InChI=1S/C18H18N6O2Se/c1-25-23-17(19)13-5-3-11(9-21-13)15-7-8-16(27-15)12-4-6-14(22-10-12)18(20)24-26-2/h3-10H,1-2H3,(H2,19,23)(H2,20,24). The third-order valence-corrected chi connectivity index (χ3v) is 6.09. The predicted octanol–water partition coefficient (Wildman–Crippen LogP) is 1.40. The van der Waals surface area contributed by atoms with E-state index in [0.717, 1.165) is 11.1 Å². The molecule has 0 aliphatic carbocycles. The topological polar surface area (TPSA) is 121 Å². The predicted molar refractivity (Wildman–Crippen MR) is 105 cm³/mol. The van der Waals surface area contributed by atoms with Crippen molar-refractivity contribution in [3.63, 3.8) is 0 Å². The van der Waals surface area contributed by atoms with E-state index < -0.39 is 0 Å². The van der Waals surface area contributed by atoms with Crippen LogP contribution in [-0.2, 0) is 9.68 Å². The minimum atomic E-state index is 0.144. The number of pyridine rings is 2. The summed E-state index contributed by atoms with van der Waals surface area (Å²) in [6.07, 6.45) is 3.59. The van der Waals surface area contributed by atoms with E-state index in [1.807, 2.05) is 24.3 Å². The molecule has 9 heteroatoms. The number of hydrogen-bond acceptors (Lipinski definition) is 6. The second kappa shape index (κ2) is 8.48. The van der Waals surface area contributed by atoms with Gasteiger partial charge in [0.15, 0.2) is 0 Å². The summed E-state index contributed by atoms with van der Waals surface area (Å²) in [5, 5.41) is 7.37. The molecule has 0 fully saturated rings. The number of nitrogens with two attached hydrogens (primary N) is 2. The van der Waals surface area contributed by atoms with Gasteiger partial charge in [-0.15, -0.1) is 0 Å². The Bertz CT molecular complexity index is 886. The molecule has 0 saturated carbocycles. The molecule has 3 aromatic rings. The zero-order valence-corrected chi connectivity index (χ0v) is 16.5. The third-order valence-electron chi connectivity index (χ3n) is 3.61. The van der Waals surface area contributed by atoms with Gasteiger partial charge in [-0.2, -0.15) is 0 Å². The summed E-state index contributed by atoms with van der Waals surface area (Å²) in [7, 11) is 2.89. The van der Waals surface area contributed by atoms with Crippen molar-refractivity contribution in [2.24, 2.45) is 21.8 Å². The zero-order valence-electron chi connectivity index (χ0n) is 14.8. The SMILES string of the molecule is CO/N=C(\N)c1ccc(-c2ccc(-c3ccc(/C(N)=N/OC)nc3)[se]2)cn1. The Balaban J connectivity index is 1.80. The molecule has 0 aliphatic rings. The molecule has 0 bridgehead atoms. The first-order valence-electron chi connectivity index (χ1n) is 7.89. The van der Waals surface area contributed by atoms with E-state index in [9.17, 15) is 0 Å². The molecule has 138 valence electrons. The van der Waals surface area contributed by atoms with Crippen LogP contribution in [0.2, 0.25) is 0 Å². The van der Waals surface area contributed by atoms with Crippen LogP contribution in [0.25, 0.3) is 20.0 Å². The van der Waals surface area contributed by atoms with Crippen LogP contribution >= 0.6 is 0 Å². The Morgan fingerprint density at radius 3 is 1.56 bits per heavy atom. The Labute approximate surface area is 162 Å². The van der Waals surface area contributed by atoms with E-state index in [4.69, 9.17) is 11.5 Å². The normalized spacial score (nSPS) is 12.1. The summed E-state index contributed by atoms with van der Waals surface area (Å²) in [5.74, 6) is 0.493. The first-order valence-corrected chi connectivity index (χ1v) is 9.60. The van der Waals surface area contributed by atoms with E-state index in [1.54, 1.807) is 12.4 Å². The van der Waals surface area contributed by atoms with Gasteiger partial charge in [0.25, 0.3) is 0 Å². The van der Waals surface area contributed by atoms with Crippen LogP contribution in [0.15, 0.2) is 59.1 Å². The van der Waals surface area contributed by atoms with Crippen LogP contribution < -0.4 is 11.5 Å². The number of amidine groups is 2. The molecule has 0 aromatic carbocycles. The second-order valence-corrected chi connectivity index (χ2v) is 7.62. The Morgan fingerprint density at radius 2 is 1.22 bits per heavy atom. The molecular weight excluding hydrogens is 411 g/mol. The van der Waals surface area contributed by atoms with Gasteiger partial charge in [0, 0.05) is 0 Å². The van der Waals surface area contributed by atoms with Crippen LogP contribution in [0.3, 0.4) is 0 Å². The molecule has 3 heterocycles. The summed E-state index contributed by atoms with van der Waals surface area (Å²) in [6.45, 7) is 0. The van der Waals surface area contributed by atoms with Crippen LogP contribution in [0, 0.1) is 0 Å². The minimum absolute atomic E-state index is 0.144. The average Bonchev–Trinajstić information content (AvgIpc) is 3.19. The zero-order chi connectivity index (χ0) is 19.2. The van der Waals surface area contributed by atoms with E-state index in [1.165, 1.54) is 23.1 Å². The van der Waals surface area contributed by atoms with E-state index in [0.29, 0.717) is 11.4 Å². The van der Waals surface area contributed by atoms with Crippen molar-refractivity contribution in [2.45, 2.75) is 0 Å². The summed E-state index contributed by atoms with van der Waals surface area (Å²) in [4.78, 5) is 18.0. The molecule has 0 atom stereocenters. The number of nitrogens with zero attached hydrogens (tertiary/aromatic N) is 4. The molecule has 0 spiro atoms. The Morgan fingerprint density at radius 1 is 0.778 bits per heavy atom. The number of hydrogen-bond donors (Lipinski definition) is 2.